The highest BCUT2D eigenvalue weighted by Crippen LogP contribution is 2.14. The van der Waals surface area contributed by atoms with Crippen LogP contribution in [0, 0.1) is 6.92 Å². The van der Waals surface area contributed by atoms with Gasteiger partial charge in [0.25, 0.3) is 0 Å². The Hall–Kier alpha value is -3.58. The minimum absolute atomic E-state index is 0.0590. The molecule has 3 amide bonds. The van der Waals surface area contributed by atoms with Gasteiger partial charge in [-0.3, -0.25) is 4.79 Å². The van der Waals surface area contributed by atoms with Gasteiger partial charge in [-0.05, 0) is 30.2 Å². The summed E-state index contributed by atoms with van der Waals surface area (Å²) in [5.41, 5.74) is 1.99. The van der Waals surface area contributed by atoms with Crippen molar-refractivity contribution in [3.8, 4) is 0 Å². The summed E-state index contributed by atoms with van der Waals surface area (Å²) in [6.45, 7) is 3.59. The number of ether oxygens (including phenoxy) is 1. The zero-order valence-electron chi connectivity index (χ0n) is 19.2. The lowest BCUT2D eigenvalue weighted by atomic mass is 10.2. The van der Waals surface area contributed by atoms with Gasteiger partial charge in [0, 0.05) is 26.7 Å². The third-order valence-corrected chi connectivity index (χ3v) is 5.18. The van der Waals surface area contributed by atoms with Crippen molar-refractivity contribution >= 4 is 11.9 Å². The van der Waals surface area contributed by atoms with Crippen LogP contribution in [-0.4, -0.2) is 48.5 Å². The summed E-state index contributed by atoms with van der Waals surface area (Å²) in [5, 5.41) is 2.90. The Kier molecular flexibility index (Phi) is 9.08. The van der Waals surface area contributed by atoms with Gasteiger partial charge in [-0.25, -0.2) is 4.79 Å². The summed E-state index contributed by atoms with van der Waals surface area (Å²) in [7, 11) is 1.57. The van der Waals surface area contributed by atoms with Gasteiger partial charge in [0.2, 0.25) is 5.91 Å². The van der Waals surface area contributed by atoms with Crippen LogP contribution in [0.2, 0.25) is 0 Å². The lowest BCUT2D eigenvalue weighted by Crippen LogP contribution is -2.47. The Morgan fingerprint density at radius 2 is 1.55 bits per heavy atom. The molecule has 0 radical (unpaired) electrons. The summed E-state index contributed by atoms with van der Waals surface area (Å²) < 4.78 is 10.9. The number of amides is 3. The number of carbonyl (C=O) groups is 2. The second kappa shape index (κ2) is 12.5. The lowest BCUT2D eigenvalue weighted by Gasteiger charge is -2.27. The standard InChI is InChI=1S/C26H31N3O4/c1-21-13-14-24(33-21)19-29(18-23-11-7-4-8-12-23)25(30)20-28(15-16-32-2)26(31)27-17-22-9-5-3-6-10-22/h3-14H,15-20H2,1-2H3,(H,27,31). The molecule has 3 rings (SSSR count). The molecule has 0 spiro atoms. The quantitative estimate of drug-likeness (QED) is 0.481. The first-order chi connectivity index (χ1) is 16.0. The maximum absolute atomic E-state index is 13.3. The third-order valence-electron chi connectivity index (χ3n) is 5.18. The van der Waals surface area contributed by atoms with Crippen molar-refractivity contribution < 1.29 is 18.7 Å². The van der Waals surface area contributed by atoms with Crippen molar-refractivity contribution in [3.05, 3.63) is 95.4 Å². The molecule has 0 bridgehead atoms. The second-order valence-electron chi connectivity index (χ2n) is 7.81. The predicted octanol–water partition coefficient (Wildman–Crippen LogP) is 3.98. The number of furan rings is 1. The lowest BCUT2D eigenvalue weighted by molar-refractivity contribution is -0.133. The Balaban J connectivity index is 1.69. The van der Waals surface area contributed by atoms with E-state index in [1.54, 1.807) is 12.0 Å². The number of nitrogens with one attached hydrogen (secondary N) is 1. The Morgan fingerprint density at radius 3 is 2.15 bits per heavy atom. The number of rotatable bonds is 11. The van der Waals surface area contributed by atoms with Crippen molar-refractivity contribution in [3.63, 3.8) is 0 Å². The maximum atomic E-state index is 13.3. The van der Waals surface area contributed by atoms with E-state index in [9.17, 15) is 9.59 Å². The number of urea groups is 1. The first-order valence-corrected chi connectivity index (χ1v) is 11.0. The van der Waals surface area contributed by atoms with Crippen molar-refractivity contribution in [1.29, 1.82) is 0 Å². The normalized spacial score (nSPS) is 10.6. The van der Waals surface area contributed by atoms with Crippen LogP contribution in [0.3, 0.4) is 0 Å². The summed E-state index contributed by atoms with van der Waals surface area (Å²) in [6, 6.07) is 22.9. The van der Waals surface area contributed by atoms with Crippen LogP contribution in [-0.2, 0) is 29.2 Å². The maximum Gasteiger partial charge on any atom is 0.318 e. The fourth-order valence-electron chi connectivity index (χ4n) is 3.40. The number of benzene rings is 2. The third kappa shape index (κ3) is 7.80. The molecule has 0 saturated carbocycles. The van der Waals surface area contributed by atoms with E-state index in [4.69, 9.17) is 9.15 Å². The molecule has 3 aromatic rings. The van der Waals surface area contributed by atoms with Gasteiger partial charge in [0.05, 0.1) is 13.2 Å². The molecule has 0 aliphatic heterocycles. The highest BCUT2D eigenvalue weighted by Gasteiger charge is 2.22. The molecule has 2 aromatic carbocycles. The predicted molar refractivity (Wildman–Crippen MR) is 126 cm³/mol. The van der Waals surface area contributed by atoms with Crippen LogP contribution < -0.4 is 5.32 Å². The van der Waals surface area contributed by atoms with Crippen molar-refractivity contribution in [2.24, 2.45) is 0 Å². The summed E-state index contributed by atoms with van der Waals surface area (Å²) in [6.07, 6.45) is 0. The molecule has 0 saturated heterocycles. The first-order valence-electron chi connectivity index (χ1n) is 11.0. The van der Waals surface area contributed by atoms with Crippen LogP contribution in [0.5, 0.6) is 0 Å². The Morgan fingerprint density at radius 1 is 0.879 bits per heavy atom. The zero-order chi connectivity index (χ0) is 23.5. The van der Waals surface area contributed by atoms with E-state index in [1.165, 1.54) is 4.90 Å². The molecule has 0 aliphatic carbocycles. The average molecular weight is 450 g/mol. The molecule has 33 heavy (non-hydrogen) atoms. The Bertz CT molecular complexity index is 1000. The molecular weight excluding hydrogens is 418 g/mol. The van der Waals surface area contributed by atoms with E-state index in [0.29, 0.717) is 38.5 Å². The fourth-order valence-corrected chi connectivity index (χ4v) is 3.40. The molecule has 1 N–H and O–H groups in total. The molecular formula is C26H31N3O4. The topological polar surface area (TPSA) is 75.0 Å². The van der Waals surface area contributed by atoms with Crippen LogP contribution >= 0.6 is 0 Å². The van der Waals surface area contributed by atoms with Crippen LogP contribution in [0.15, 0.2) is 77.2 Å². The van der Waals surface area contributed by atoms with Crippen molar-refractivity contribution in [2.75, 3.05) is 26.8 Å². The number of hydrogen-bond donors (Lipinski definition) is 1. The molecule has 0 fully saturated rings. The van der Waals surface area contributed by atoms with Gasteiger partial charge >= 0.3 is 6.03 Å². The summed E-state index contributed by atoms with van der Waals surface area (Å²) >= 11 is 0. The highest BCUT2D eigenvalue weighted by molar-refractivity contribution is 5.84. The number of aryl methyl sites for hydroxylation is 1. The smallest absolute Gasteiger partial charge is 0.318 e. The SMILES string of the molecule is COCCN(CC(=O)N(Cc1ccccc1)Cc1ccc(C)o1)C(=O)NCc1ccccc1. The molecule has 0 aliphatic rings. The second-order valence-corrected chi connectivity index (χ2v) is 7.81. The molecule has 7 nitrogen and oxygen atoms in total. The minimum atomic E-state index is -0.308. The van der Waals surface area contributed by atoms with Crippen molar-refractivity contribution in [2.45, 2.75) is 26.6 Å². The number of methoxy groups -OCH3 is 1. The van der Waals surface area contributed by atoms with Gasteiger partial charge < -0.3 is 24.3 Å². The molecule has 7 heteroatoms. The monoisotopic (exact) mass is 449 g/mol. The van der Waals surface area contributed by atoms with Crippen molar-refractivity contribution in [1.82, 2.24) is 15.1 Å². The molecule has 0 unspecified atom stereocenters. The highest BCUT2D eigenvalue weighted by atomic mass is 16.5. The van der Waals surface area contributed by atoms with E-state index < -0.39 is 0 Å². The van der Waals surface area contributed by atoms with E-state index in [-0.39, 0.29) is 18.5 Å². The summed E-state index contributed by atoms with van der Waals surface area (Å²) in [5.74, 6) is 1.33. The van der Waals surface area contributed by atoms with Gasteiger partial charge in [0.15, 0.2) is 0 Å². The van der Waals surface area contributed by atoms with Crippen LogP contribution in [0.25, 0.3) is 0 Å². The van der Waals surface area contributed by atoms with Crippen LogP contribution in [0.4, 0.5) is 4.79 Å². The molecule has 174 valence electrons. The molecule has 1 aromatic heterocycles. The van der Waals surface area contributed by atoms with Gasteiger partial charge in [-0.15, -0.1) is 0 Å². The number of carbonyl (C=O) groups excluding carboxylic acids is 2. The van der Waals surface area contributed by atoms with Gasteiger partial charge in [-0.1, -0.05) is 60.7 Å². The van der Waals surface area contributed by atoms with E-state index in [2.05, 4.69) is 5.32 Å². The fraction of sp³-hybridized carbons (Fsp3) is 0.308. The summed E-state index contributed by atoms with van der Waals surface area (Å²) in [4.78, 5) is 29.4. The van der Waals surface area contributed by atoms with E-state index >= 15 is 0 Å². The minimum Gasteiger partial charge on any atom is -0.464 e. The van der Waals surface area contributed by atoms with Gasteiger partial charge in [-0.2, -0.15) is 0 Å². The van der Waals surface area contributed by atoms with E-state index in [1.807, 2.05) is 79.7 Å². The largest absolute Gasteiger partial charge is 0.464 e. The zero-order valence-corrected chi connectivity index (χ0v) is 19.2. The van der Waals surface area contributed by atoms with E-state index in [0.717, 1.165) is 16.9 Å². The van der Waals surface area contributed by atoms with Gasteiger partial charge in [0.1, 0.15) is 18.1 Å². The Labute approximate surface area is 194 Å². The van der Waals surface area contributed by atoms with Crippen LogP contribution in [0.1, 0.15) is 22.6 Å². The first kappa shape index (κ1) is 24.1. The molecule has 0 atom stereocenters. The molecule has 1 heterocycles. The number of nitrogens with zero attached hydrogens (tertiary/aromatic N) is 2. The number of hydrogen-bond acceptors (Lipinski definition) is 4. The average Bonchev–Trinajstić information content (AvgIpc) is 3.25.